The lowest BCUT2D eigenvalue weighted by Gasteiger charge is -2.40. The molecule has 1 unspecified atom stereocenters. The third-order valence-electron chi connectivity index (χ3n) is 4.35. The molecule has 0 radical (unpaired) electrons. The van der Waals surface area contributed by atoms with Crippen molar-refractivity contribution in [2.75, 3.05) is 32.7 Å². The summed E-state index contributed by atoms with van der Waals surface area (Å²) in [5, 5.41) is 3.04. The number of hydrogen-bond donors (Lipinski definition) is 1. The van der Waals surface area contributed by atoms with E-state index in [1.165, 1.54) is 4.31 Å². The smallest absolute Gasteiger partial charge is 0.252 e. The monoisotopic (exact) mass is 413 g/mol. The lowest BCUT2D eigenvalue weighted by molar-refractivity contribution is -0.135. The maximum absolute atomic E-state index is 12.8. The summed E-state index contributed by atoms with van der Waals surface area (Å²) < 4.78 is 27.9. The van der Waals surface area contributed by atoms with Gasteiger partial charge in [0.15, 0.2) is 0 Å². The average molecular weight is 414 g/mol. The van der Waals surface area contributed by atoms with Crippen molar-refractivity contribution < 1.29 is 13.2 Å². The van der Waals surface area contributed by atoms with E-state index in [1.807, 2.05) is 4.90 Å². The van der Waals surface area contributed by atoms with Gasteiger partial charge in [-0.05, 0) is 31.4 Å². The van der Waals surface area contributed by atoms with Crippen LogP contribution in [0.4, 0.5) is 0 Å². The summed E-state index contributed by atoms with van der Waals surface area (Å²) in [6.07, 6.45) is 1.61. The maximum atomic E-state index is 12.8. The number of nitrogens with one attached hydrogen (secondary N) is 1. The largest absolute Gasteiger partial charge is 0.336 e. The third-order valence-corrected chi connectivity index (χ3v) is 8.22. The quantitative estimate of drug-likeness (QED) is 0.818. The standard InChI is InChI=1S/C14H20ClN3O3S2.ClH/c1-10-7-13(22-14(10)15)23(20,21)17-5-2-3-11(9-17)18-6-4-16-8-12(18)19;/h7,11,16H,2-6,8-9H2,1H3;1H. The first-order valence-corrected chi connectivity index (χ1v) is 10.3. The zero-order chi connectivity index (χ0) is 16.6. The van der Waals surface area contributed by atoms with Crippen LogP contribution >= 0.6 is 35.3 Å². The topological polar surface area (TPSA) is 69.7 Å². The van der Waals surface area contributed by atoms with E-state index < -0.39 is 10.0 Å². The SMILES string of the molecule is Cc1cc(S(=O)(=O)N2CCCC(N3CCNCC3=O)C2)sc1Cl.Cl. The molecular weight excluding hydrogens is 393 g/mol. The Morgan fingerprint density at radius 1 is 1.38 bits per heavy atom. The average Bonchev–Trinajstić information content (AvgIpc) is 2.88. The minimum absolute atomic E-state index is 0. The van der Waals surface area contributed by atoms with Crippen molar-refractivity contribution in [3.05, 3.63) is 16.0 Å². The van der Waals surface area contributed by atoms with Gasteiger partial charge in [0, 0.05) is 32.2 Å². The minimum Gasteiger partial charge on any atom is -0.336 e. The Kier molecular flexibility index (Phi) is 6.55. The Balaban J connectivity index is 0.00000208. The Bertz CT molecular complexity index is 689. The summed E-state index contributed by atoms with van der Waals surface area (Å²) >= 11 is 7.12. The highest BCUT2D eigenvalue weighted by Gasteiger charge is 2.35. The number of amides is 1. The molecule has 0 bridgehead atoms. The fourth-order valence-corrected chi connectivity index (χ4v) is 6.47. The molecule has 1 aromatic heterocycles. The molecule has 2 fully saturated rings. The fraction of sp³-hybridized carbons (Fsp3) is 0.643. The van der Waals surface area contributed by atoms with Gasteiger partial charge in [0.05, 0.1) is 10.9 Å². The van der Waals surface area contributed by atoms with Crippen LogP contribution < -0.4 is 5.32 Å². The second-order valence-corrected chi connectivity index (χ2v) is 9.76. The number of sulfonamides is 1. The van der Waals surface area contributed by atoms with E-state index in [2.05, 4.69) is 5.32 Å². The molecule has 1 atom stereocenters. The molecule has 0 saturated carbocycles. The predicted molar refractivity (Wildman–Crippen MR) is 97.7 cm³/mol. The number of rotatable bonds is 3. The summed E-state index contributed by atoms with van der Waals surface area (Å²) in [6.45, 7) is 4.39. The van der Waals surface area contributed by atoms with Crippen LogP contribution in [-0.4, -0.2) is 62.3 Å². The van der Waals surface area contributed by atoms with Gasteiger partial charge in [-0.3, -0.25) is 4.79 Å². The summed E-state index contributed by atoms with van der Waals surface area (Å²) in [7, 11) is -3.54. The van der Waals surface area contributed by atoms with E-state index >= 15 is 0 Å². The molecule has 0 spiro atoms. The lowest BCUT2D eigenvalue weighted by atomic mass is 10.1. The zero-order valence-corrected chi connectivity index (χ0v) is 16.5. The minimum atomic E-state index is -3.54. The molecule has 3 heterocycles. The number of piperazine rings is 1. The number of piperidine rings is 1. The highest BCUT2D eigenvalue weighted by molar-refractivity contribution is 7.91. The molecule has 2 aliphatic rings. The van der Waals surface area contributed by atoms with E-state index in [0.717, 1.165) is 36.3 Å². The molecule has 1 aromatic rings. The van der Waals surface area contributed by atoms with Crippen LogP contribution in [-0.2, 0) is 14.8 Å². The molecule has 1 amide bonds. The molecular formula is C14H21Cl2N3O3S2. The molecule has 6 nitrogen and oxygen atoms in total. The molecule has 10 heteroatoms. The number of halogens is 2. The van der Waals surface area contributed by atoms with Crippen molar-refractivity contribution in [2.24, 2.45) is 0 Å². The fourth-order valence-electron chi connectivity index (χ4n) is 3.09. The highest BCUT2D eigenvalue weighted by Crippen LogP contribution is 2.33. The number of hydrogen-bond acceptors (Lipinski definition) is 5. The summed E-state index contributed by atoms with van der Waals surface area (Å²) in [4.78, 5) is 13.9. The first kappa shape index (κ1) is 19.9. The Morgan fingerprint density at radius 2 is 2.12 bits per heavy atom. The van der Waals surface area contributed by atoms with Crippen molar-refractivity contribution in [3.8, 4) is 0 Å². The van der Waals surface area contributed by atoms with Gasteiger partial charge in [0.25, 0.3) is 10.0 Å². The Hall–Kier alpha value is -0.380. The van der Waals surface area contributed by atoms with Crippen LogP contribution in [0.15, 0.2) is 10.3 Å². The first-order chi connectivity index (χ1) is 10.9. The van der Waals surface area contributed by atoms with Gasteiger partial charge in [0.2, 0.25) is 5.91 Å². The molecule has 0 aromatic carbocycles. The number of thiophene rings is 1. The lowest BCUT2D eigenvalue weighted by Crippen LogP contribution is -2.57. The number of nitrogens with zero attached hydrogens (tertiary/aromatic N) is 2. The molecule has 24 heavy (non-hydrogen) atoms. The zero-order valence-electron chi connectivity index (χ0n) is 13.3. The van der Waals surface area contributed by atoms with Crippen molar-refractivity contribution in [1.29, 1.82) is 0 Å². The highest BCUT2D eigenvalue weighted by atomic mass is 35.5. The van der Waals surface area contributed by atoms with Gasteiger partial charge in [-0.1, -0.05) is 11.6 Å². The van der Waals surface area contributed by atoms with E-state index in [4.69, 9.17) is 11.6 Å². The van der Waals surface area contributed by atoms with Gasteiger partial charge in [-0.2, -0.15) is 4.31 Å². The molecule has 0 aliphatic carbocycles. The maximum Gasteiger partial charge on any atom is 0.252 e. The van der Waals surface area contributed by atoms with E-state index in [-0.39, 0.29) is 28.6 Å². The van der Waals surface area contributed by atoms with Crippen LogP contribution in [0.2, 0.25) is 4.34 Å². The summed E-state index contributed by atoms with van der Waals surface area (Å²) in [5.41, 5.74) is 0.779. The summed E-state index contributed by atoms with van der Waals surface area (Å²) in [5.74, 6) is 0.0514. The van der Waals surface area contributed by atoms with Crippen LogP contribution in [0.5, 0.6) is 0 Å². The number of carbonyl (C=O) groups is 1. The molecule has 2 aliphatic heterocycles. The molecule has 1 N–H and O–H groups in total. The summed E-state index contributed by atoms with van der Waals surface area (Å²) in [6, 6.07) is 1.59. The molecule has 3 rings (SSSR count). The van der Waals surface area contributed by atoms with E-state index in [0.29, 0.717) is 30.5 Å². The second kappa shape index (κ2) is 7.88. The van der Waals surface area contributed by atoms with E-state index in [1.54, 1.807) is 13.0 Å². The van der Waals surface area contributed by atoms with E-state index in [9.17, 15) is 13.2 Å². The van der Waals surface area contributed by atoms with Gasteiger partial charge >= 0.3 is 0 Å². The number of aryl methyl sites for hydroxylation is 1. The second-order valence-electron chi connectivity index (χ2n) is 5.95. The van der Waals surface area contributed by atoms with Crippen molar-refractivity contribution in [2.45, 2.75) is 30.0 Å². The van der Waals surface area contributed by atoms with Crippen molar-refractivity contribution >= 4 is 51.3 Å². The number of carbonyl (C=O) groups excluding carboxylic acids is 1. The predicted octanol–water partition coefficient (Wildman–Crippen LogP) is 1.72. The molecule has 2 saturated heterocycles. The third kappa shape index (κ3) is 3.89. The van der Waals surface area contributed by atoms with Crippen LogP contribution in [0.3, 0.4) is 0 Å². The van der Waals surface area contributed by atoms with Crippen LogP contribution in [0, 0.1) is 6.92 Å². The Labute approximate surface area is 157 Å². The van der Waals surface area contributed by atoms with Crippen LogP contribution in [0.1, 0.15) is 18.4 Å². The molecule has 136 valence electrons. The van der Waals surface area contributed by atoms with Gasteiger partial charge < -0.3 is 10.2 Å². The van der Waals surface area contributed by atoms with Gasteiger partial charge in [-0.25, -0.2) is 8.42 Å². The van der Waals surface area contributed by atoms with Crippen molar-refractivity contribution in [1.82, 2.24) is 14.5 Å². The van der Waals surface area contributed by atoms with Gasteiger partial charge in [0.1, 0.15) is 4.21 Å². The van der Waals surface area contributed by atoms with Gasteiger partial charge in [-0.15, -0.1) is 23.7 Å². The Morgan fingerprint density at radius 3 is 2.75 bits per heavy atom. The van der Waals surface area contributed by atoms with Crippen molar-refractivity contribution in [3.63, 3.8) is 0 Å². The first-order valence-electron chi connectivity index (χ1n) is 7.66. The van der Waals surface area contributed by atoms with Crippen LogP contribution in [0.25, 0.3) is 0 Å². The normalized spacial score (nSPS) is 23.2.